The van der Waals surface area contributed by atoms with Gasteiger partial charge in [-0.25, -0.2) is 13.2 Å². The molecule has 5 nitrogen and oxygen atoms in total. The molecule has 1 heterocycles. The summed E-state index contributed by atoms with van der Waals surface area (Å²) in [5.74, 6) is -1.08. The number of hydrogen-bond donors (Lipinski definition) is 1. The van der Waals surface area contributed by atoms with Crippen molar-refractivity contribution in [2.45, 2.75) is 34.8 Å². The lowest BCUT2D eigenvalue weighted by Gasteiger charge is -2.25. The highest BCUT2D eigenvalue weighted by Gasteiger charge is 2.34. The van der Waals surface area contributed by atoms with Gasteiger partial charge < -0.3 is 5.11 Å². The smallest absolute Gasteiger partial charge is 0.335 e. The van der Waals surface area contributed by atoms with Gasteiger partial charge in [-0.05, 0) is 36.8 Å². The first-order valence-corrected chi connectivity index (χ1v) is 10.1. The maximum Gasteiger partial charge on any atom is 0.335 e. The van der Waals surface area contributed by atoms with Crippen LogP contribution in [0, 0.1) is 0 Å². The zero-order chi connectivity index (χ0) is 18.2. The topological polar surface area (TPSA) is 74.7 Å². The van der Waals surface area contributed by atoms with E-state index in [9.17, 15) is 18.3 Å². The van der Waals surface area contributed by atoms with E-state index in [2.05, 4.69) is 13.8 Å². The molecule has 3 rings (SSSR count). The number of carboxylic acids is 1. The van der Waals surface area contributed by atoms with Gasteiger partial charge in [-0.1, -0.05) is 32.0 Å². The summed E-state index contributed by atoms with van der Waals surface area (Å²) in [4.78, 5) is 12.3. The molecule has 0 saturated carbocycles. The van der Waals surface area contributed by atoms with Gasteiger partial charge in [0.15, 0.2) is 0 Å². The Hall–Kier alpha value is -1.99. The minimum Gasteiger partial charge on any atom is -0.478 e. The number of hydrogen-bond acceptors (Lipinski definition) is 4. The summed E-state index contributed by atoms with van der Waals surface area (Å²) in [6, 6.07) is 12.9. The Labute approximate surface area is 151 Å². The van der Waals surface area contributed by atoms with E-state index in [1.54, 1.807) is 48.2 Å². The Kier molecular flexibility index (Phi) is 4.55. The van der Waals surface area contributed by atoms with Gasteiger partial charge in [-0.2, -0.15) is 0 Å². The molecule has 1 N–H and O–H groups in total. The second kappa shape index (κ2) is 6.38. The summed E-state index contributed by atoms with van der Waals surface area (Å²) in [7, 11) is -3.76. The number of carbonyl (C=O) groups is 1. The summed E-state index contributed by atoms with van der Waals surface area (Å²) >= 11 is 1.57. The summed E-state index contributed by atoms with van der Waals surface area (Å²) < 4.78 is 27.5. The fourth-order valence-corrected chi connectivity index (χ4v) is 5.49. The number of anilines is 1. The van der Waals surface area contributed by atoms with Crippen LogP contribution in [0.4, 0.5) is 5.69 Å². The van der Waals surface area contributed by atoms with Gasteiger partial charge in [0.25, 0.3) is 10.0 Å². The molecule has 0 aliphatic carbocycles. The molecule has 1 aliphatic heterocycles. The molecule has 132 valence electrons. The van der Waals surface area contributed by atoms with Crippen molar-refractivity contribution in [3.8, 4) is 0 Å². The Morgan fingerprint density at radius 1 is 1.16 bits per heavy atom. The molecule has 0 spiro atoms. The number of fused-ring (bicyclic) bond motifs is 1. The number of benzene rings is 2. The molecule has 1 aliphatic rings. The number of nitrogens with zero attached hydrogens (tertiary/aromatic N) is 1. The third-order valence-corrected chi connectivity index (χ3v) is 7.26. The normalized spacial score (nSPS) is 16.8. The minimum atomic E-state index is -3.76. The SMILES string of the molecule is CC1(C)CCN(S(=O)(=O)c2ccccc2)c2cc(C(=O)O)ccc2S1. The lowest BCUT2D eigenvalue weighted by Crippen LogP contribution is -2.33. The molecule has 0 bridgehead atoms. The zero-order valence-corrected chi connectivity index (χ0v) is 15.6. The van der Waals surface area contributed by atoms with E-state index in [1.807, 2.05) is 0 Å². The van der Waals surface area contributed by atoms with Gasteiger partial charge in [0.1, 0.15) is 0 Å². The molecule has 2 aromatic rings. The largest absolute Gasteiger partial charge is 0.478 e. The van der Waals surface area contributed by atoms with Crippen LogP contribution in [0.2, 0.25) is 0 Å². The van der Waals surface area contributed by atoms with Crippen LogP contribution >= 0.6 is 11.8 Å². The predicted molar refractivity (Wildman–Crippen MR) is 98.9 cm³/mol. The van der Waals surface area contributed by atoms with Crippen LogP contribution in [-0.4, -0.2) is 30.8 Å². The van der Waals surface area contributed by atoms with Gasteiger partial charge >= 0.3 is 5.97 Å². The van der Waals surface area contributed by atoms with Gasteiger partial charge in [0.2, 0.25) is 0 Å². The lowest BCUT2D eigenvalue weighted by atomic mass is 10.1. The van der Waals surface area contributed by atoms with E-state index in [4.69, 9.17) is 0 Å². The molecule has 0 fully saturated rings. The van der Waals surface area contributed by atoms with Crippen LogP contribution in [0.5, 0.6) is 0 Å². The van der Waals surface area contributed by atoms with E-state index in [1.165, 1.54) is 16.4 Å². The molecule has 0 amide bonds. The molecule has 0 saturated heterocycles. The van der Waals surface area contributed by atoms with Gasteiger partial charge in [-0.15, -0.1) is 11.8 Å². The fraction of sp³-hybridized carbons (Fsp3) is 0.278. The van der Waals surface area contributed by atoms with Gasteiger partial charge in [0, 0.05) is 16.2 Å². The molecule has 2 aromatic carbocycles. The molecular formula is C18H19NO4S2. The van der Waals surface area contributed by atoms with Crippen molar-refractivity contribution in [1.82, 2.24) is 0 Å². The van der Waals surface area contributed by atoms with E-state index in [0.29, 0.717) is 18.7 Å². The maximum absolute atomic E-state index is 13.2. The van der Waals surface area contributed by atoms with Crippen molar-refractivity contribution in [2.75, 3.05) is 10.8 Å². The monoisotopic (exact) mass is 377 g/mol. The summed E-state index contributed by atoms with van der Waals surface area (Å²) in [6.45, 7) is 4.42. The van der Waals surface area contributed by atoms with Crippen molar-refractivity contribution < 1.29 is 18.3 Å². The highest BCUT2D eigenvalue weighted by atomic mass is 32.2. The standard InChI is InChI=1S/C18H19NO4S2/c1-18(2)10-11-19(25(22,23)14-6-4-3-5-7-14)15-12-13(17(20)21)8-9-16(15)24-18/h3-9,12H,10-11H2,1-2H3,(H,20,21). The number of sulfonamides is 1. The average molecular weight is 377 g/mol. The lowest BCUT2D eigenvalue weighted by molar-refractivity contribution is 0.0697. The third kappa shape index (κ3) is 3.52. The summed E-state index contributed by atoms with van der Waals surface area (Å²) in [6.07, 6.45) is 0.654. The average Bonchev–Trinajstić information content (AvgIpc) is 2.70. The molecular weight excluding hydrogens is 358 g/mol. The molecule has 0 aromatic heterocycles. The van der Waals surface area contributed by atoms with E-state index < -0.39 is 16.0 Å². The zero-order valence-electron chi connectivity index (χ0n) is 14.0. The molecule has 0 atom stereocenters. The molecule has 7 heteroatoms. The van der Waals surface area contributed by atoms with Crippen molar-refractivity contribution in [2.24, 2.45) is 0 Å². The summed E-state index contributed by atoms with van der Waals surface area (Å²) in [5, 5.41) is 9.29. The number of thioether (sulfide) groups is 1. The molecule has 0 unspecified atom stereocenters. The quantitative estimate of drug-likeness (QED) is 0.879. The third-order valence-electron chi connectivity index (χ3n) is 4.11. The number of carboxylic acid groups (broad SMARTS) is 1. The first-order chi connectivity index (χ1) is 11.7. The second-order valence-corrected chi connectivity index (χ2v) is 10.1. The van der Waals surface area contributed by atoms with Crippen LogP contribution in [-0.2, 0) is 10.0 Å². The Bertz CT molecular complexity index is 908. The highest BCUT2D eigenvalue weighted by Crippen LogP contribution is 2.45. The number of aromatic carboxylic acids is 1. The molecule has 0 radical (unpaired) electrons. The Morgan fingerprint density at radius 2 is 1.84 bits per heavy atom. The first-order valence-electron chi connectivity index (χ1n) is 7.85. The number of rotatable bonds is 3. The predicted octanol–water partition coefficient (Wildman–Crippen LogP) is 3.85. The van der Waals surface area contributed by atoms with E-state index in [-0.39, 0.29) is 15.2 Å². The van der Waals surface area contributed by atoms with Gasteiger partial charge in [0.05, 0.1) is 16.1 Å². The van der Waals surface area contributed by atoms with Crippen LogP contribution in [0.25, 0.3) is 0 Å². The van der Waals surface area contributed by atoms with E-state index in [0.717, 1.165) is 4.90 Å². The van der Waals surface area contributed by atoms with Crippen LogP contribution < -0.4 is 4.31 Å². The highest BCUT2D eigenvalue weighted by molar-refractivity contribution is 8.01. The first kappa shape index (κ1) is 17.8. The van der Waals surface area contributed by atoms with Crippen LogP contribution in [0.1, 0.15) is 30.6 Å². The van der Waals surface area contributed by atoms with Crippen molar-refractivity contribution in [3.63, 3.8) is 0 Å². The maximum atomic E-state index is 13.2. The van der Waals surface area contributed by atoms with Crippen molar-refractivity contribution in [3.05, 3.63) is 54.1 Å². The van der Waals surface area contributed by atoms with Gasteiger partial charge in [-0.3, -0.25) is 4.31 Å². The minimum absolute atomic E-state index is 0.0762. The Balaban J connectivity index is 2.18. The summed E-state index contributed by atoms with van der Waals surface area (Å²) in [5.41, 5.74) is 0.506. The van der Waals surface area contributed by atoms with Crippen LogP contribution in [0.3, 0.4) is 0 Å². The van der Waals surface area contributed by atoms with E-state index >= 15 is 0 Å². The Morgan fingerprint density at radius 3 is 2.48 bits per heavy atom. The second-order valence-electron chi connectivity index (χ2n) is 6.49. The van der Waals surface area contributed by atoms with Crippen LogP contribution in [0.15, 0.2) is 58.3 Å². The fourth-order valence-electron chi connectivity index (χ4n) is 2.74. The van der Waals surface area contributed by atoms with Crippen molar-refractivity contribution in [1.29, 1.82) is 0 Å². The molecule has 25 heavy (non-hydrogen) atoms. The van der Waals surface area contributed by atoms with Crippen molar-refractivity contribution >= 4 is 33.4 Å².